The summed E-state index contributed by atoms with van der Waals surface area (Å²) in [6.45, 7) is 6.41. The van der Waals surface area contributed by atoms with Crippen molar-refractivity contribution < 1.29 is 31.9 Å². The Labute approximate surface area is 307 Å². The van der Waals surface area contributed by atoms with Crippen LogP contribution in [-0.4, -0.2) is 97.8 Å². The van der Waals surface area contributed by atoms with Crippen LogP contribution in [0.25, 0.3) is 11.0 Å². The third kappa shape index (κ3) is 8.70. The van der Waals surface area contributed by atoms with E-state index in [1.165, 1.54) is 6.33 Å². The Morgan fingerprint density at radius 3 is 2.35 bits per heavy atom. The molecule has 3 atom stereocenters. The van der Waals surface area contributed by atoms with Crippen LogP contribution in [0.2, 0.25) is 5.04 Å². The number of benzene rings is 2. The van der Waals surface area contributed by atoms with Crippen LogP contribution in [0.4, 0.5) is 19.0 Å². The zero-order valence-corrected chi connectivity index (χ0v) is 31.8. The Kier molecular flexibility index (Phi) is 12.5. The molecule has 52 heavy (non-hydrogen) atoms. The number of aliphatic imine (C=N–C) groups is 1. The van der Waals surface area contributed by atoms with Crippen molar-refractivity contribution in [3.8, 4) is 11.8 Å². The second-order valence-corrected chi connectivity index (χ2v) is 18.6. The van der Waals surface area contributed by atoms with Crippen LogP contribution in [0.3, 0.4) is 0 Å². The molecular weight excluding hydrogens is 710 g/mol. The summed E-state index contributed by atoms with van der Waals surface area (Å²) in [6, 6.07) is 20.8. The van der Waals surface area contributed by atoms with Gasteiger partial charge in [0.1, 0.15) is 24.3 Å². The van der Waals surface area contributed by atoms with Gasteiger partial charge in [-0.25, -0.2) is 15.0 Å². The number of halogens is 3. The smallest absolute Gasteiger partial charge is 0.405 e. The highest BCUT2D eigenvalue weighted by Gasteiger charge is 2.51. The fourth-order valence-electron chi connectivity index (χ4n) is 6.34. The Balaban J connectivity index is 1.51. The summed E-state index contributed by atoms with van der Waals surface area (Å²) in [6.07, 6.45) is 0.801. The monoisotopic (exact) mass is 752 g/mol. The van der Waals surface area contributed by atoms with Crippen molar-refractivity contribution in [2.24, 2.45) is 4.99 Å². The van der Waals surface area contributed by atoms with Crippen molar-refractivity contribution in [1.82, 2.24) is 24.8 Å². The van der Waals surface area contributed by atoms with Crippen LogP contribution in [-0.2, 0) is 18.7 Å². The second kappa shape index (κ2) is 16.6. The van der Waals surface area contributed by atoms with Crippen LogP contribution in [0.15, 0.2) is 78.2 Å². The van der Waals surface area contributed by atoms with Gasteiger partial charge in [-0.05, 0) is 21.7 Å². The topological polar surface area (TPSA) is 103 Å². The molecule has 1 aliphatic heterocycles. The first-order valence-corrected chi connectivity index (χ1v) is 20.0. The molecule has 0 spiro atoms. The van der Waals surface area contributed by atoms with E-state index in [-0.39, 0.29) is 17.7 Å². The normalized spacial score (nSPS) is 18.1. The van der Waals surface area contributed by atoms with Gasteiger partial charge in [0.15, 0.2) is 5.82 Å². The third-order valence-corrected chi connectivity index (χ3v) is 14.0. The molecule has 1 fully saturated rings. The Morgan fingerprint density at radius 1 is 1.12 bits per heavy atom. The lowest BCUT2D eigenvalue weighted by Gasteiger charge is -2.43. The molecule has 2 aromatic carbocycles. The number of fused-ring (bicyclic) bond motifs is 1. The van der Waals surface area contributed by atoms with Gasteiger partial charge in [0.05, 0.1) is 42.5 Å². The molecule has 276 valence electrons. The highest BCUT2D eigenvalue weighted by Crippen LogP contribution is 2.40. The molecule has 1 aliphatic rings. The number of alkyl halides is 3. The number of rotatable bonds is 12. The van der Waals surface area contributed by atoms with E-state index < -0.39 is 39.3 Å². The number of hydrogen-bond acceptors (Lipinski definition) is 8. The van der Waals surface area contributed by atoms with E-state index in [4.69, 9.17) is 13.9 Å². The van der Waals surface area contributed by atoms with Crippen LogP contribution < -0.4 is 15.7 Å². The lowest BCUT2D eigenvalue weighted by Crippen LogP contribution is -2.67. The third-order valence-electron chi connectivity index (χ3n) is 8.59. The molecule has 0 saturated carbocycles. The summed E-state index contributed by atoms with van der Waals surface area (Å²) in [5.74, 6) is 4.22. The number of carbonyl (C=O) groups excluding carboxylic acids is 1. The van der Waals surface area contributed by atoms with E-state index >= 15 is 0 Å². The predicted octanol–water partition coefficient (Wildman–Crippen LogP) is 5.25. The van der Waals surface area contributed by atoms with E-state index in [1.807, 2.05) is 61.3 Å². The fraction of sp³-hybridized carbons (Fsp3) is 0.405. The number of hydrogen-bond donors (Lipinski definition) is 1. The summed E-state index contributed by atoms with van der Waals surface area (Å²) in [4.78, 5) is 26.5. The van der Waals surface area contributed by atoms with Crippen molar-refractivity contribution in [2.75, 3.05) is 39.4 Å². The van der Waals surface area contributed by atoms with Crippen molar-refractivity contribution in [2.45, 2.75) is 56.8 Å². The first-order chi connectivity index (χ1) is 24.8. The molecule has 3 heterocycles. The Morgan fingerprint density at radius 2 is 1.77 bits per heavy atom. The molecular formula is C37H43F3N6O4SSi. The zero-order chi connectivity index (χ0) is 37.5. The summed E-state index contributed by atoms with van der Waals surface area (Å²) < 4.78 is 60.5. The molecule has 4 aromatic rings. The minimum Gasteiger partial charge on any atom is -0.405 e. The molecule has 15 heteroatoms. The highest BCUT2D eigenvalue weighted by molar-refractivity contribution is 7.98. The van der Waals surface area contributed by atoms with Crippen molar-refractivity contribution in [1.29, 1.82) is 0 Å². The second-order valence-electron chi connectivity index (χ2n) is 13.5. The van der Waals surface area contributed by atoms with E-state index in [0.29, 0.717) is 34.8 Å². The molecule has 1 N–H and O–H groups in total. The number of thioether (sulfide) groups is 1. The maximum Gasteiger partial charge on any atom is 0.471 e. The lowest BCUT2D eigenvalue weighted by atomic mass is 10.2. The van der Waals surface area contributed by atoms with E-state index in [2.05, 4.69) is 71.8 Å². The number of nitrogens with one attached hydrogen (secondary N) is 1. The van der Waals surface area contributed by atoms with Gasteiger partial charge >= 0.3 is 12.1 Å². The molecule has 3 unspecified atom stereocenters. The average Bonchev–Trinajstić information content (AvgIpc) is 3.69. The maximum absolute atomic E-state index is 12.7. The summed E-state index contributed by atoms with van der Waals surface area (Å²) in [5.41, 5.74) is 0.895. The van der Waals surface area contributed by atoms with Gasteiger partial charge in [-0.15, -0.1) is 11.8 Å². The van der Waals surface area contributed by atoms with Gasteiger partial charge in [-0.2, -0.15) is 13.2 Å². The maximum atomic E-state index is 12.7. The van der Waals surface area contributed by atoms with Crippen molar-refractivity contribution in [3.05, 3.63) is 78.8 Å². The number of nitrogens with zero attached hydrogens (tertiary/aromatic N) is 5. The van der Waals surface area contributed by atoms with Crippen LogP contribution >= 0.6 is 11.8 Å². The Hall–Kier alpha value is -4.20. The van der Waals surface area contributed by atoms with Gasteiger partial charge < -0.3 is 28.7 Å². The van der Waals surface area contributed by atoms with Gasteiger partial charge in [-0.3, -0.25) is 4.79 Å². The average molecular weight is 753 g/mol. The minimum absolute atomic E-state index is 0.243. The zero-order valence-electron chi connectivity index (χ0n) is 30.0. The standard InChI is InChI=1S/C37H43F3N6O4SSi/c1-36(2,3)52(27-15-9-7-10-16-27,28-17-11-8-12-18-28)49-22-30-29(48-25-51-6)20-31(50-30)46-21-26(14-13-19-41-35(47)37(38,39)40)32-33(44-24-45(4)5)42-23-43-34(32)46/h7-12,15-18,21,23-24,29-31H,19-20,22,25H2,1-6H3,(H,41,47)/b44-24+. The summed E-state index contributed by atoms with van der Waals surface area (Å²) in [7, 11) is 0.736. The molecule has 5 rings (SSSR count). The Bertz CT molecular complexity index is 1870. The highest BCUT2D eigenvalue weighted by atomic mass is 32.2. The number of amides is 1. The first-order valence-electron chi connectivity index (χ1n) is 16.7. The van der Waals surface area contributed by atoms with Crippen LogP contribution in [0, 0.1) is 11.8 Å². The molecule has 1 saturated heterocycles. The molecule has 1 amide bonds. The van der Waals surface area contributed by atoms with Gasteiger partial charge in [0.2, 0.25) is 0 Å². The number of ether oxygens (including phenoxy) is 2. The van der Waals surface area contributed by atoms with Gasteiger partial charge in [0.25, 0.3) is 8.32 Å². The quantitative estimate of drug-likeness (QED) is 0.0689. The summed E-state index contributed by atoms with van der Waals surface area (Å²) >= 11 is 1.56. The largest absolute Gasteiger partial charge is 0.471 e. The molecule has 10 nitrogen and oxygen atoms in total. The molecule has 2 aromatic heterocycles. The lowest BCUT2D eigenvalue weighted by molar-refractivity contribution is -0.173. The van der Waals surface area contributed by atoms with Crippen molar-refractivity contribution >= 4 is 59.5 Å². The minimum atomic E-state index is -5.01. The van der Waals surface area contributed by atoms with E-state index in [0.717, 1.165) is 10.4 Å². The fourth-order valence-corrected chi connectivity index (χ4v) is 11.2. The molecule has 0 bridgehead atoms. The first kappa shape index (κ1) is 39.0. The van der Waals surface area contributed by atoms with E-state index in [1.54, 1.807) is 34.5 Å². The van der Waals surface area contributed by atoms with Gasteiger partial charge in [-0.1, -0.05) is 93.3 Å². The SMILES string of the molecule is CSCOC1CC(n2cc(C#CCNC(=O)C(F)(F)F)c3c(/N=C/N(C)C)ncnc32)OC1CO[Si](c1ccccc1)(c1ccccc1)C(C)(C)C. The predicted molar refractivity (Wildman–Crippen MR) is 201 cm³/mol. The number of carbonyl (C=O) groups is 1. The summed E-state index contributed by atoms with van der Waals surface area (Å²) in [5, 5.41) is 4.34. The van der Waals surface area contributed by atoms with Crippen molar-refractivity contribution in [3.63, 3.8) is 0 Å². The van der Waals surface area contributed by atoms with Crippen LogP contribution in [0.1, 0.15) is 39.0 Å². The molecule has 0 radical (unpaired) electrons. The number of aromatic nitrogens is 3. The van der Waals surface area contributed by atoms with Gasteiger partial charge in [0, 0.05) is 26.7 Å². The molecule has 0 aliphatic carbocycles. The van der Waals surface area contributed by atoms with E-state index in [9.17, 15) is 18.0 Å². The van der Waals surface area contributed by atoms with Crippen LogP contribution in [0.5, 0.6) is 0 Å².